The second kappa shape index (κ2) is 4.54. The van der Waals surface area contributed by atoms with Gasteiger partial charge in [0.25, 0.3) is 0 Å². The summed E-state index contributed by atoms with van der Waals surface area (Å²) in [5.41, 5.74) is 2.57. The number of carbonyl (C=O) groups is 1. The molecule has 1 N–H and O–H groups in total. The summed E-state index contributed by atoms with van der Waals surface area (Å²) < 4.78 is 0. The Bertz CT molecular complexity index is 408. The average molecular weight is 237 g/mol. The quantitative estimate of drug-likeness (QED) is 0.601. The molecule has 0 bridgehead atoms. The van der Waals surface area contributed by atoms with Crippen LogP contribution in [0, 0.1) is 0 Å². The average Bonchev–Trinajstić information content (AvgIpc) is 2.77. The molecule has 2 amide bonds. The summed E-state index contributed by atoms with van der Waals surface area (Å²) in [6.07, 6.45) is 0. The van der Waals surface area contributed by atoms with Gasteiger partial charge < -0.3 is 0 Å². The Hall–Kier alpha value is -1.53. The van der Waals surface area contributed by atoms with Crippen LogP contribution in [0.5, 0.6) is 0 Å². The molecule has 1 aliphatic heterocycles. The van der Waals surface area contributed by atoms with E-state index in [-0.39, 0.29) is 5.37 Å². The number of rotatable bonds is 1. The van der Waals surface area contributed by atoms with Gasteiger partial charge in [-0.1, -0.05) is 42.1 Å². The maximum atomic E-state index is 11.6. The van der Waals surface area contributed by atoms with E-state index in [4.69, 9.17) is 5.21 Å². The summed E-state index contributed by atoms with van der Waals surface area (Å²) in [5, 5.41) is 14.6. The van der Waals surface area contributed by atoms with E-state index in [1.807, 2.05) is 30.3 Å². The molecular weight excluding hydrogens is 226 g/mol. The van der Waals surface area contributed by atoms with Gasteiger partial charge in [0.2, 0.25) is 0 Å². The minimum atomic E-state index is -0.546. The van der Waals surface area contributed by atoms with Crippen molar-refractivity contribution in [2.75, 3.05) is 7.05 Å². The Morgan fingerprint density at radius 2 is 2.19 bits per heavy atom. The lowest BCUT2D eigenvalue weighted by Crippen LogP contribution is -2.35. The van der Waals surface area contributed by atoms with Gasteiger partial charge in [-0.15, -0.1) is 0 Å². The molecule has 1 aliphatic rings. The largest absolute Gasteiger partial charge is 0.365 e. The van der Waals surface area contributed by atoms with Gasteiger partial charge >= 0.3 is 6.03 Å². The Morgan fingerprint density at radius 1 is 1.50 bits per heavy atom. The first-order valence-electron chi connectivity index (χ1n) is 4.69. The minimum absolute atomic E-state index is 0.205. The van der Waals surface area contributed by atoms with Crippen molar-refractivity contribution in [1.82, 2.24) is 10.1 Å². The highest BCUT2D eigenvalue weighted by Gasteiger charge is 2.30. The third-order valence-electron chi connectivity index (χ3n) is 2.14. The van der Waals surface area contributed by atoms with E-state index in [1.54, 1.807) is 5.55 Å². The monoisotopic (exact) mass is 237 g/mol. The number of hydrogen-bond acceptors (Lipinski definition) is 4. The minimum Gasteiger partial charge on any atom is -0.285 e. The van der Waals surface area contributed by atoms with E-state index in [0.29, 0.717) is 5.06 Å². The lowest BCUT2D eigenvalue weighted by molar-refractivity contribution is -0.0342. The van der Waals surface area contributed by atoms with Crippen LogP contribution in [0.25, 0.3) is 0 Å². The fraction of sp³-hybridized carbons (Fsp3) is 0.200. The van der Waals surface area contributed by atoms with E-state index < -0.39 is 6.03 Å². The van der Waals surface area contributed by atoms with Crippen molar-refractivity contribution < 1.29 is 10.0 Å². The molecule has 1 aromatic rings. The fourth-order valence-corrected chi connectivity index (χ4v) is 2.23. The number of urea groups is 1. The van der Waals surface area contributed by atoms with Gasteiger partial charge in [-0.25, -0.2) is 9.86 Å². The lowest BCUT2D eigenvalue weighted by atomic mass is 10.2. The topological polar surface area (TPSA) is 56.1 Å². The second-order valence-electron chi connectivity index (χ2n) is 3.27. The molecule has 0 fully saturated rings. The molecule has 5 nitrogen and oxygen atoms in total. The van der Waals surface area contributed by atoms with E-state index in [2.05, 4.69) is 5.10 Å². The van der Waals surface area contributed by atoms with E-state index in [0.717, 1.165) is 5.56 Å². The summed E-state index contributed by atoms with van der Waals surface area (Å²) in [6.45, 7) is 0. The first-order chi connectivity index (χ1) is 7.70. The highest BCUT2D eigenvalue weighted by atomic mass is 32.2. The van der Waals surface area contributed by atoms with Crippen LogP contribution in [0.4, 0.5) is 4.79 Å². The Morgan fingerprint density at radius 3 is 2.81 bits per heavy atom. The van der Waals surface area contributed by atoms with Crippen LogP contribution in [0.1, 0.15) is 10.9 Å². The number of amides is 2. The third kappa shape index (κ3) is 2.02. The van der Waals surface area contributed by atoms with Gasteiger partial charge in [0.05, 0.1) is 5.55 Å². The molecule has 0 saturated carbocycles. The molecule has 1 atom stereocenters. The summed E-state index contributed by atoms with van der Waals surface area (Å²) in [7, 11) is 1.28. The van der Waals surface area contributed by atoms with Crippen LogP contribution in [0.2, 0.25) is 0 Å². The third-order valence-corrected chi connectivity index (χ3v) is 3.09. The number of hydroxylamine groups is 2. The van der Waals surface area contributed by atoms with Gasteiger partial charge in [0.15, 0.2) is 0 Å². The first kappa shape index (κ1) is 11.0. The van der Waals surface area contributed by atoms with Crippen molar-refractivity contribution >= 4 is 23.3 Å². The zero-order valence-electron chi connectivity index (χ0n) is 8.65. The number of hydrazone groups is 1. The molecule has 84 valence electrons. The molecular formula is C10H11N3O2S. The van der Waals surface area contributed by atoms with Crippen molar-refractivity contribution in [3.63, 3.8) is 0 Å². The SMILES string of the molecule is CN(O)C(=O)N1N=CSC1c1ccccc1. The van der Waals surface area contributed by atoms with Gasteiger partial charge in [-0.3, -0.25) is 5.21 Å². The molecule has 16 heavy (non-hydrogen) atoms. The zero-order chi connectivity index (χ0) is 11.5. The highest BCUT2D eigenvalue weighted by molar-refractivity contribution is 8.12. The molecule has 6 heteroatoms. The molecule has 0 aromatic heterocycles. The van der Waals surface area contributed by atoms with Crippen molar-refractivity contribution in [3.8, 4) is 0 Å². The molecule has 1 heterocycles. The molecule has 0 spiro atoms. The Balaban J connectivity index is 2.21. The summed E-state index contributed by atoms with van der Waals surface area (Å²) in [4.78, 5) is 11.6. The molecule has 1 aromatic carbocycles. The van der Waals surface area contributed by atoms with Crippen LogP contribution in [0.15, 0.2) is 35.4 Å². The molecule has 1 unspecified atom stereocenters. The van der Waals surface area contributed by atoms with Crippen LogP contribution in [-0.4, -0.2) is 33.9 Å². The Labute approximate surface area is 97.3 Å². The first-order valence-corrected chi connectivity index (χ1v) is 5.63. The predicted octanol–water partition coefficient (Wildman–Crippen LogP) is 2.12. The fourth-order valence-electron chi connectivity index (χ4n) is 1.39. The summed E-state index contributed by atoms with van der Waals surface area (Å²) >= 11 is 1.42. The van der Waals surface area contributed by atoms with Crippen molar-refractivity contribution in [2.24, 2.45) is 5.10 Å². The van der Waals surface area contributed by atoms with Crippen molar-refractivity contribution in [1.29, 1.82) is 0 Å². The molecule has 0 radical (unpaired) electrons. The van der Waals surface area contributed by atoms with Gasteiger partial charge in [0.1, 0.15) is 5.37 Å². The van der Waals surface area contributed by atoms with Crippen molar-refractivity contribution in [3.05, 3.63) is 35.9 Å². The van der Waals surface area contributed by atoms with Crippen LogP contribution < -0.4 is 0 Å². The van der Waals surface area contributed by atoms with Gasteiger partial charge in [-0.05, 0) is 5.56 Å². The normalized spacial score (nSPS) is 18.9. The molecule has 2 rings (SSSR count). The Kier molecular flexibility index (Phi) is 3.12. The standard InChI is InChI=1S/C10H11N3O2S/c1-12(15)10(14)13-9(16-7-11-13)8-5-3-2-4-6-8/h2-7,9,15H,1H3. The number of thioether (sulfide) groups is 1. The van der Waals surface area contributed by atoms with Gasteiger partial charge in [-0.2, -0.15) is 10.1 Å². The number of nitrogens with zero attached hydrogens (tertiary/aromatic N) is 3. The number of benzene rings is 1. The maximum Gasteiger partial charge on any atom is 0.365 e. The maximum absolute atomic E-state index is 11.6. The van der Waals surface area contributed by atoms with Crippen LogP contribution in [0.3, 0.4) is 0 Å². The smallest absolute Gasteiger partial charge is 0.285 e. The number of carbonyl (C=O) groups excluding carboxylic acids is 1. The van der Waals surface area contributed by atoms with E-state index in [1.165, 1.54) is 23.8 Å². The van der Waals surface area contributed by atoms with Crippen LogP contribution in [-0.2, 0) is 0 Å². The van der Waals surface area contributed by atoms with E-state index >= 15 is 0 Å². The van der Waals surface area contributed by atoms with E-state index in [9.17, 15) is 4.79 Å². The summed E-state index contributed by atoms with van der Waals surface area (Å²) in [6, 6.07) is 9.01. The van der Waals surface area contributed by atoms with Crippen molar-refractivity contribution in [2.45, 2.75) is 5.37 Å². The lowest BCUT2D eigenvalue weighted by Gasteiger charge is -2.23. The zero-order valence-corrected chi connectivity index (χ0v) is 9.46. The molecule has 0 aliphatic carbocycles. The molecule has 0 saturated heterocycles. The predicted molar refractivity (Wildman–Crippen MR) is 62.1 cm³/mol. The van der Waals surface area contributed by atoms with Crippen LogP contribution >= 0.6 is 11.8 Å². The highest BCUT2D eigenvalue weighted by Crippen LogP contribution is 2.36. The van der Waals surface area contributed by atoms with Gasteiger partial charge in [0, 0.05) is 7.05 Å². The number of hydrogen-bond donors (Lipinski definition) is 1. The second-order valence-corrected chi connectivity index (χ2v) is 4.20. The summed E-state index contributed by atoms with van der Waals surface area (Å²) in [5.74, 6) is 0.